The van der Waals surface area contributed by atoms with E-state index in [1.165, 1.54) is 19.3 Å². The van der Waals surface area contributed by atoms with Gasteiger partial charge in [-0.05, 0) is 31.1 Å². The Hall–Kier alpha value is -0.130. The van der Waals surface area contributed by atoms with Crippen molar-refractivity contribution >= 4 is 10.0 Å². The van der Waals surface area contributed by atoms with E-state index in [0.717, 1.165) is 32.1 Å². The monoisotopic (exact) mass is 275 g/mol. The standard InChI is InChI=1S/C13H25NO3S/c15-10-12-6-1-2-7-13(12)14-18(16,17)9-8-11-4-3-5-11/h11-15H,1-10H2. The lowest BCUT2D eigenvalue weighted by Gasteiger charge is -2.31. The zero-order chi connectivity index (χ0) is 13.0. The molecule has 0 radical (unpaired) electrons. The summed E-state index contributed by atoms with van der Waals surface area (Å²) < 4.78 is 26.8. The summed E-state index contributed by atoms with van der Waals surface area (Å²) in [5.41, 5.74) is 0. The molecular weight excluding hydrogens is 250 g/mol. The van der Waals surface area contributed by atoms with Crippen molar-refractivity contribution in [2.45, 2.75) is 57.4 Å². The molecule has 2 unspecified atom stereocenters. The number of sulfonamides is 1. The maximum absolute atomic E-state index is 12.0. The summed E-state index contributed by atoms with van der Waals surface area (Å²) in [5, 5.41) is 9.29. The third-order valence-corrected chi connectivity index (χ3v) is 5.93. The van der Waals surface area contributed by atoms with E-state index in [-0.39, 0.29) is 24.3 Å². The molecule has 0 heterocycles. The van der Waals surface area contributed by atoms with Crippen LogP contribution in [0.1, 0.15) is 51.4 Å². The summed E-state index contributed by atoms with van der Waals surface area (Å²) in [6.07, 6.45) is 8.41. The van der Waals surface area contributed by atoms with E-state index in [9.17, 15) is 13.5 Å². The molecular formula is C13H25NO3S. The Labute approximate surface area is 110 Å². The molecule has 0 aromatic heterocycles. The minimum Gasteiger partial charge on any atom is -0.396 e. The van der Waals surface area contributed by atoms with Gasteiger partial charge in [0.25, 0.3) is 0 Å². The summed E-state index contributed by atoms with van der Waals surface area (Å²) >= 11 is 0. The number of hydrogen-bond acceptors (Lipinski definition) is 3. The predicted octanol–water partition coefficient (Wildman–Crippen LogP) is 1.65. The van der Waals surface area contributed by atoms with Crippen LogP contribution in [-0.4, -0.2) is 31.9 Å². The highest BCUT2D eigenvalue weighted by atomic mass is 32.2. The second kappa shape index (κ2) is 6.35. The Bertz CT molecular complexity index is 351. The third-order valence-electron chi connectivity index (χ3n) is 4.49. The molecule has 4 nitrogen and oxygen atoms in total. The molecule has 2 aliphatic carbocycles. The molecule has 106 valence electrons. The van der Waals surface area contributed by atoms with Gasteiger partial charge in [0.15, 0.2) is 0 Å². The van der Waals surface area contributed by atoms with Crippen molar-refractivity contribution in [3.8, 4) is 0 Å². The van der Waals surface area contributed by atoms with E-state index in [1.54, 1.807) is 0 Å². The number of nitrogens with one attached hydrogen (secondary N) is 1. The zero-order valence-electron chi connectivity index (χ0n) is 11.0. The summed E-state index contributed by atoms with van der Waals surface area (Å²) in [5.74, 6) is 0.991. The summed E-state index contributed by atoms with van der Waals surface area (Å²) in [6.45, 7) is 0.0931. The van der Waals surface area contributed by atoms with Crippen molar-refractivity contribution in [3.05, 3.63) is 0 Å². The van der Waals surface area contributed by atoms with Crippen LogP contribution in [0, 0.1) is 11.8 Å². The Morgan fingerprint density at radius 2 is 1.78 bits per heavy atom. The molecule has 0 aliphatic heterocycles. The quantitative estimate of drug-likeness (QED) is 0.774. The first-order chi connectivity index (χ1) is 8.61. The Morgan fingerprint density at radius 3 is 2.39 bits per heavy atom. The Morgan fingerprint density at radius 1 is 1.06 bits per heavy atom. The van der Waals surface area contributed by atoms with E-state index in [4.69, 9.17) is 0 Å². The third kappa shape index (κ3) is 3.93. The second-order valence-electron chi connectivity index (χ2n) is 5.86. The van der Waals surface area contributed by atoms with Crippen LogP contribution in [0.15, 0.2) is 0 Å². The van der Waals surface area contributed by atoms with Crippen LogP contribution < -0.4 is 4.72 Å². The lowest BCUT2D eigenvalue weighted by Crippen LogP contribution is -2.44. The fourth-order valence-corrected chi connectivity index (χ4v) is 4.51. The fraction of sp³-hybridized carbons (Fsp3) is 1.00. The van der Waals surface area contributed by atoms with Gasteiger partial charge in [-0.3, -0.25) is 0 Å². The van der Waals surface area contributed by atoms with Gasteiger partial charge in [0.1, 0.15) is 0 Å². The van der Waals surface area contributed by atoms with E-state index >= 15 is 0 Å². The molecule has 0 saturated heterocycles. The molecule has 0 bridgehead atoms. The van der Waals surface area contributed by atoms with Crippen molar-refractivity contribution < 1.29 is 13.5 Å². The summed E-state index contributed by atoms with van der Waals surface area (Å²) in [4.78, 5) is 0. The van der Waals surface area contributed by atoms with Gasteiger partial charge in [-0.25, -0.2) is 13.1 Å². The molecule has 2 saturated carbocycles. The smallest absolute Gasteiger partial charge is 0.211 e. The van der Waals surface area contributed by atoms with Gasteiger partial charge < -0.3 is 5.11 Å². The van der Waals surface area contributed by atoms with Gasteiger partial charge in [-0.2, -0.15) is 0 Å². The lowest BCUT2D eigenvalue weighted by atomic mass is 9.84. The average molecular weight is 275 g/mol. The van der Waals surface area contributed by atoms with Gasteiger partial charge in [0.05, 0.1) is 5.75 Å². The van der Waals surface area contributed by atoms with Crippen LogP contribution in [0.25, 0.3) is 0 Å². The largest absolute Gasteiger partial charge is 0.396 e. The zero-order valence-corrected chi connectivity index (χ0v) is 11.8. The maximum Gasteiger partial charge on any atom is 0.211 e. The molecule has 0 aromatic rings. The van der Waals surface area contributed by atoms with Crippen molar-refractivity contribution in [1.29, 1.82) is 0 Å². The van der Waals surface area contributed by atoms with Crippen LogP contribution in [0.4, 0.5) is 0 Å². The number of aliphatic hydroxyl groups excluding tert-OH is 1. The molecule has 2 fully saturated rings. The highest BCUT2D eigenvalue weighted by Gasteiger charge is 2.29. The Balaban J connectivity index is 1.81. The van der Waals surface area contributed by atoms with Gasteiger partial charge in [0, 0.05) is 12.6 Å². The van der Waals surface area contributed by atoms with Crippen LogP contribution in [0.3, 0.4) is 0 Å². The molecule has 5 heteroatoms. The first-order valence-electron chi connectivity index (χ1n) is 7.21. The summed E-state index contributed by atoms with van der Waals surface area (Å²) in [6, 6.07) is -0.0462. The number of rotatable bonds is 6. The predicted molar refractivity (Wildman–Crippen MR) is 71.7 cm³/mol. The normalized spacial score (nSPS) is 30.1. The van der Waals surface area contributed by atoms with Gasteiger partial charge >= 0.3 is 0 Å². The number of hydrogen-bond donors (Lipinski definition) is 2. The van der Waals surface area contributed by atoms with Crippen LogP contribution in [0.5, 0.6) is 0 Å². The van der Waals surface area contributed by atoms with Crippen LogP contribution >= 0.6 is 0 Å². The molecule has 2 aliphatic rings. The molecule has 2 rings (SSSR count). The van der Waals surface area contributed by atoms with Gasteiger partial charge in [-0.15, -0.1) is 0 Å². The van der Waals surface area contributed by atoms with Crippen LogP contribution in [0.2, 0.25) is 0 Å². The molecule has 18 heavy (non-hydrogen) atoms. The first kappa shape index (κ1) is 14.3. The van der Waals surface area contributed by atoms with Crippen LogP contribution in [-0.2, 0) is 10.0 Å². The number of aliphatic hydroxyl groups is 1. The van der Waals surface area contributed by atoms with Crippen molar-refractivity contribution in [3.63, 3.8) is 0 Å². The first-order valence-corrected chi connectivity index (χ1v) is 8.87. The van der Waals surface area contributed by atoms with Crippen molar-refractivity contribution in [2.24, 2.45) is 11.8 Å². The Kier molecular flexibility index (Phi) is 5.04. The minimum atomic E-state index is -3.16. The van der Waals surface area contributed by atoms with Gasteiger partial charge in [-0.1, -0.05) is 32.1 Å². The SMILES string of the molecule is O=S(=O)(CCC1CCC1)NC1CCCCC1CO. The average Bonchev–Trinajstić information content (AvgIpc) is 2.27. The molecule has 2 atom stereocenters. The molecule has 0 spiro atoms. The van der Waals surface area contributed by atoms with E-state index in [1.807, 2.05) is 0 Å². The topological polar surface area (TPSA) is 66.4 Å². The van der Waals surface area contributed by atoms with E-state index < -0.39 is 10.0 Å². The molecule has 2 N–H and O–H groups in total. The maximum atomic E-state index is 12.0. The second-order valence-corrected chi connectivity index (χ2v) is 7.73. The molecule has 0 aromatic carbocycles. The fourth-order valence-electron chi connectivity index (χ4n) is 2.97. The minimum absolute atomic E-state index is 0.0462. The molecule has 0 amide bonds. The van der Waals surface area contributed by atoms with Crippen molar-refractivity contribution in [2.75, 3.05) is 12.4 Å². The van der Waals surface area contributed by atoms with Gasteiger partial charge in [0.2, 0.25) is 10.0 Å². The highest BCUT2D eigenvalue weighted by molar-refractivity contribution is 7.89. The van der Waals surface area contributed by atoms with E-state index in [0.29, 0.717) is 5.92 Å². The van der Waals surface area contributed by atoms with E-state index in [2.05, 4.69) is 4.72 Å². The highest BCUT2D eigenvalue weighted by Crippen LogP contribution is 2.30. The van der Waals surface area contributed by atoms with Crippen molar-refractivity contribution in [1.82, 2.24) is 4.72 Å². The lowest BCUT2D eigenvalue weighted by molar-refractivity contribution is 0.164. The summed E-state index contributed by atoms with van der Waals surface area (Å²) in [7, 11) is -3.16.